The molecule has 0 spiro atoms. The first-order chi connectivity index (χ1) is 14.4. The third-order valence-electron chi connectivity index (χ3n) is 6.12. The number of nitrogens with one attached hydrogen (secondary N) is 1. The van der Waals surface area contributed by atoms with Crippen LogP contribution in [0.25, 0.3) is 0 Å². The van der Waals surface area contributed by atoms with Gasteiger partial charge in [0, 0.05) is 11.1 Å². The number of ether oxygens (including phenoxy) is 1. The van der Waals surface area contributed by atoms with Gasteiger partial charge in [0.15, 0.2) is 0 Å². The van der Waals surface area contributed by atoms with Gasteiger partial charge in [0.25, 0.3) is 10.0 Å². The molecule has 2 aliphatic rings. The summed E-state index contributed by atoms with van der Waals surface area (Å²) in [5.74, 6) is 1.45. The Morgan fingerprint density at radius 3 is 2.53 bits per heavy atom. The largest absolute Gasteiger partial charge is 0.497 e. The molecule has 0 aliphatic heterocycles. The lowest BCUT2D eigenvalue weighted by Gasteiger charge is -2.27. The molecule has 2 bridgehead atoms. The number of amides is 1. The summed E-state index contributed by atoms with van der Waals surface area (Å²) < 4.78 is 33.0. The lowest BCUT2D eigenvalue weighted by molar-refractivity contribution is -0.120. The molecule has 4 rings (SSSR count). The van der Waals surface area contributed by atoms with Crippen molar-refractivity contribution in [1.82, 2.24) is 5.32 Å². The van der Waals surface area contributed by atoms with Gasteiger partial charge in [-0.3, -0.25) is 9.10 Å². The zero-order valence-electron chi connectivity index (χ0n) is 16.8. The number of benzene rings is 2. The summed E-state index contributed by atoms with van der Waals surface area (Å²) in [4.78, 5) is 12.9. The van der Waals surface area contributed by atoms with E-state index in [0.29, 0.717) is 28.3 Å². The zero-order chi connectivity index (χ0) is 21.3. The molecule has 8 heteroatoms. The minimum atomic E-state index is -3.98. The van der Waals surface area contributed by atoms with Crippen LogP contribution in [0.2, 0.25) is 5.02 Å². The van der Waals surface area contributed by atoms with Crippen molar-refractivity contribution in [3.05, 3.63) is 53.6 Å². The maximum absolute atomic E-state index is 13.4. The molecule has 30 heavy (non-hydrogen) atoms. The van der Waals surface area contributed by atoms with Gasteiger partial charge >= 0.3 is 0 Å². The summed E-state index contributed by atoms with van der Waals surface area (Å²) in [6, 6.07) is 12.8. The summed E-state index contributed by atoms with van der Waals surface area (Å²) in [5, 5.41) is 3.47. The fourth-order valence-electron chi connectivity index (χ4n) is 4.63. The average Bonchev–Trinajstić information content (AvgIpc) is 3.35. The highest BCUT2D eigenvalue weighted by Gasteiger charge is 2.40. The van der Waals surface area contributed by atoms with Crippen molar-refractivity contribution in [3.63, 3.8) is 0 Å². The first-order valence-corrected chi connectivity index (χ1v) is 11.9. The number of carbonyl (C=O) groups is 1. The van der Waals surface area contributed by atoms with Gasteiger partial charge in [-0.2, -0.15) is 0 Å². The molecule has 2 aromatic carbocycles. The molecule has 0 saturated heterocycles. The third kappa shape index (κ3) is 4.27. The number of hydrogen-bond acceptors (Lipinski definition) is 4. The van der Waals surface area contributed by atoms with Crippen LogP contribution < -0.4 is 14.4 Å². The molecule has 3 atom stereocenters. The number of anilines is 1. The summed E-state index contributed by atoms with van der Waals surface area (Å²) in [6.07, 6.45) is 4.52. The SMILES string of the molecule is COc1ccc(S(=O)(=O)N(CC(=O)NC2CC3CCC2C3)c2cccc(Cl)c2)cc1. The van der Waals surface area contributed by atoms with E-state index in [4.69, 9.17) is 16.3 Å². The molecular formula is C22H25ClN2O4S. The van der Waals surface area contributed by atoms with Crippen LogP contribution in [0.1, 0.15) is 25.7 Å². The van der Waals surface area contributed by atoms with Crippen molar-refractivity contribution in [1.29, 1.82) is 0 Å². The van der Waals surface area contributed by atoms with Crippen molar-refractivity contribution in [3.8, 4) is 5.75 Å². The van der Waals surface area contributed by atoms with Crippen molar-refractivity contribution < 1.29 is 17.9 Å². The van der Waals surface area contributed by atoms with E-state index < -0.39 is 10.0 Å². The lowest BCUT2D eigenvalue weighted by atomic mass is 9.95. The van der Waals surface area contributed by atoms with Crippen LogP contribution in [0.5, 0.6) is 5.75 Å². The predicted molar refractivity (Wildman–Crippen MR) is 116 cm³/mol. The Hall–Kier alpha value is -2.25. The second-order valence-corrected chi connectivity index (χ2v) is 10.3. The Kier molecular flexibility index (Phi) is 5.93. The van der Waals surface area contributed by atoms with Crippen LogP contribution >= 0.6 is 11.6 Å². The Morgan fingerprint density at radius 2 is 1.93 bits per heavy atom. The molecule has 3 unspecified atom stereocenters. The predicted octanol–water partition coefficient (Wildman–Crippen LogP) is 3.85. The highest BCUT2D eigenvalue weighted by molar-refractivity contribution is 7.92. The molecule has 1 N–H and O–H groups in total. The molecule has 2 aromatic rings. The van der Waals surface area contributed by atoms with Gasteiger partial charge in [0.2, 0.25) is 5.91 Å². The average molecular weight is 449 g/mol. The normalized spacial score (nSPS) is 22.7. The summed E-state index contributed by atoms with van der Waals surface area (Å²) in [5.41, 5.74) is 0.349. The van der Waals surface area contributed by atoms with E-state index in [9.17, 15) is 13.2 Å². The van der Waals surface area contributed by atoms with Gasteiger partial charge in [-0.25, -0.2) is 8.42 Å². The standard InChI is InChI=1S/C22H25ClN2O4S/c1-29-19-7-9-20(10-8-19)30(27,28)25(18-4-2-3-17(23)13-18)14-22(26)24-21-12-15-5-6-16(21)11-15/h2-4,7-10,13,15-16,21H,5-6,11-12,14H2,1H3,(H,24,26). The van der Waals surface area contributed by atoms with Gasteiger partial charge in [-0.1, -0.05) is 24.1 Å². The molecule has 2 fully saturated rings. The molecule has 160 valence electrons. The number of carbonyl (C=O) groups excluding carboxylic acids is 1. The number of methoxy groups -OCH3 is 1. The van der Waals surface area contributed by atoms with E-state index in [2.05, 4.69) is 5.32 Å². The molecule has 0 aromatic heterocycles. The van der Waals surface area contributed by atoms with Crippen LogP contribution in [-0.4, -0.2) is 34.0 Å². The molecule has 1 amide bonds. The first-order valence-electron chi connectivity index (χ1n) is 10.1. The first kappa shape index (κ1) is 21.0. The quantitative estimate of drug-likeness (QED) is 0.698. The van der Waals surface area contributed by atoms with E-state index in [-0.39, 0.29) is 23.4 Å². The lowest BCUT2D eigenvalue weighted by Crippen LogP contribution is -2.46. The highest BCUT2D eigenvalue weighted by Crippen LogP contribution is 2.44. The van der Waals surface area contributed by atoms with Crippen LogP contribution in [-0.2, 0) is 14.8 Å². The molecule has 2 saturated carbocycles. The number of fused-ring (bicyclic) bond motifs is 2. The molecular weight excluding hydrogens is 424 g/mol. The van der Waals surface area contributed by atoms with Crippen molar-refractivity contribution in [2.45, 2.75) is 36.6 Å². The van der Waals surface area contributed by atoms with Gasteiger partial charge < -0.3 is 10.1 Å². The molecule has 0 heterocycles. The maximum Gasteiger partial charge on any atom is 0.264 e. The van der Waals surface area contributed by atoms with Crippen LogP contribution in [0.15, 0.2) is 53.4 Å². The Morgan fingerprint density at radius 1 is 1.17 bits per heavy atom. The highest BCUT2D eigenvalue weighted by atomic mass is 35.5. The second kappa shape index (κ2) is 8.47. The van der Waals surface area contributed by atoms with Gasteiger partial charge in [-0.05, 0) is 73.6 Å². The maximum atomic E-state index is 13.4. The van der Waals surface area contributed by atoms with Gasteiger partial charge in [0.05, 0.1) is 17.7 Å². The number of nitrogens with zero attached hydrogens (tertiary/aromatic N) is 1. The topological polar surface area (TPSA) is 75.7 Å². The monoisotopic (exact) mass is 448 g/mol. The third-order valence-corrected chi connectivity index (χ3v) is 8.14. The second-order valence-electron chi connectivity index (χ2n) is 8.02. The molecule has 0 radical (unpaired) electrons. The molecule has 2 aliphatic carbocycles. The van der Waals surface area contributed by atoms with E-state index in [1.807, 2.05) is 0 Å². The summed E-state index contributed by atoms with van der Waals surface area (Å²) >= 11 is 6.10. The zero-order valence-corrected chi connectivity index (χ0v) is 18.3. The smallest absolute Gasteiger partial charge is 0.264 e. The van der Waals surface area contributed by atoms with Crippen LogP contribution in [0, 0.1) is 11.8 Å². The van der Waals surface area contributed by atoms with Crippen molar-refractivity contribution in [2.24, 2.45) is 11.8 Å². The fraction of sp³-hybridized carbons (Fsp3) is 0.409. The summed E-state index contributed by atoms with van der Waals surface area (Å²) in [6.45, 7) is -0.303. The van der Waals surface area contributed by atoms with Crippen molar-refractivity contribution >= 4 is 33.2 Å². The van der Waals surface area contributed by atoms with E-state index in [1.165, 1.54) is 25.7 Å². The van der Waals surface area contributed by atoms with E-state index >= 15 is 0 Å². The van der Waals surface area contributed by atoms with E-state index in [0.717, 1.165) is 23.6 Å². The van der Waals surface area contributed by atoms with E-state index in [1.54, 1.807) is 36.4 Å². The van der Waals surface area contributed by atoms with Crippen LogP contribution in [0.3, 0.4) is 0 Å². The minimum Gasteiger partial charge on any atom is -0.497 e. The fourth-order valence-corrected chi connectivity index (χ4v) is 6.22. The number of hydrogen-bond donors (Lipinski definition) is 1. The number of sulfonamides is 1. The summed E-state index contributed by atoms with van der Waals surface area (Å²) in [7, 11) is -2.46. The van der Waals surface area contributed by atoms with Gasteiger partial charge in [0.1, 0.15) is 12.3 Å². The van der Waals surface area contributed by atoms with Gasteiger partial charge in [-0.15, -0.1) is 0 Å². The van der Waals surface area contributed by atoms with Crippen molar-refractivity contribution in [2.75, 3.05) is 18.0 Å². The van der Waals surface area contributed by atoms with Crippen LogP contribution in [0.4, 0.5) is 5.69 Å². The minimum absolute atomic E-state index is 0.0796. The Labute approximate surface area is 182 Å². The Bertz CT molecular complexity index is 1030. The number of halogens is 1. The molecule has 6 nitrogen and oxygen atoms in total. The Balaban J connectivity index is 1.59. The number of rotatable bonds is 7.